The number of rotatable bonds is 4. The van der Waals surface area contributed by atoms with Crippen LogP contribution < -0.4 is 10.1 Å². The highest BCUT2D eigenvalue weighted by molar-refractivity contribution is 6.02. The van der Waals surface area contributed by atoms with Gasteiger partial charge in [-0.3, -0.25) is 10.1 Å². The van der Waals surface area contributed by atoms with Gasteiger partial charge in [0.2, 0.25) is 11.8 Å². The summed E-state index contributed by atoms with van der Waals surface area (Å²) in [6.07, 6.45) is 7.19. The van der Waals surface area contributed by atoms with Crippen LogP contribution in [0.3, 0.4) is 0 Å². The fourth-order valence-corrected chi connectivity index (χ4v) is 3.58. The highest BCUT2D eigenvalue weighted by Crippen LogP contribution is 2.34. The zero-order chi connectivity index (χ0) is 17.9. The Balaban J connectivity index is 1.70. The summed E-state index contributed by atoms with van der Waals surface area (Å²) in [4.78, 5) is 25.3. The average molecular weight is 351 g/mol. The number of anilines is 1. The van der Waals surface area contributed by atoms with Gasteiger partial charge >= 0.3 is 0 Å². The molecule has 0 saturated heterocycles. The average Bonchev–Trinajstić information content (AvgIpc) is 3.06. The van der Waals surface area contributed by atoms with Crippen LogP contribution in [0.15, 0.2) is 36.7 Å². The molecule has 7 heteroatoms. The minimum Gasteiger partial charge on any atom is -0.481 e. The summed E-state index contributed by atoms with van der Waals surface area (Å²) in [6.45, 7) is 0. The van der Waals surface area contributed by atoms with Crippen molar-refractivity contribution in [1.82, 2.24) is 19.5 Å². The van der Waals surface area contributed by atoms with E-state index in [0.717, 1.165) is 23.9 Å². The maximum atomic E-state index is 12.7. The van der Waals surface area contributed by atoms with Crippen molar-refractivity contribution >= 4 is 22.9 Å². The maximum Gasteiger partial charge on any atom is 0.276 e. The number of hydrogen-bond donors (Lipinski definition) is 1. The van der Waals surface area contributed by atoms with Crippen LogP contribution in [0.1, 0.15) is 48.6 Å². The highest BCUT2D eigenvalue weighted by Gasteiger charge is 2.23. The molecule has 0 aliphatic heterocycles. The second kappa shape index (κ2) is 7.11. The van der Waals surface area contributed by atoms with Crippen molar-refractivity contribution in [3.05, 3.63) is 42.4 Å². The summed E-state index contributed by atoms with van der Waals surface area (Å²) in [5.41, 5.74) is 2.18. The molecule has 0 atom stereocenters. The number of para-hydroxylation sites is 2. The van der Waals surface area contributed by atoms with E-state index >= 15 is 0 Å². The third-order valence-electron chi connectivity index (χ3n) is 4.84. The number of amides is 1. The lowest BCUT2D eigenvalue weighted by atomic mass is 9.95. The van der Waals surface area contributed by atoms with Crippen molar-refractivity contribution in [2.24, 2.45) is 0 Å². The molecule has 0 bridgehead atoms. The molecule has 0 unspecified atom stereocenters. The van der Waals surface area contributed by atoms with Crippen LogP contribution in [0.2, 0.25) is 0 Å². The summed E-state index contributed by atoms with van der Waals surface area (Å²) in [6, 6.07) is 9.86. The van der Waals surface area contributed by atoms with Crippen LogP contribution in [0.25, 0.3) is 11.0 Å². The summed E-state index contributed by atoms with van der Waals surface area (Å²) in [5, 5.41) is 2.93. The quantitative estimate of drug-likeness (QED) is 0.777. The molecule has 7 nitrogen and oxygen atoms in total. The van der Waals surface area contributed by atoms with E-state index in [1.165, 1.54) is 38.8 Å². The van der Waals surface area contributed by atoms with E-state index in [9.17, 15) is 4.79 Å². The van der Waals surface area contributed by atoms with E-state index < -0.39 is 0 Å². The predicted molar refractivity (Wildman–Crippen MR) is 98.4 cm³/mol. The summed E-state index contributed by atoms with van der Waals surface area (Å²) in [7, 11) is 1.51. The molecule has 3 aromatic rings. The minimum absolute atomic E-state index is 0.249. The van der Waals surface area contributed by atoms with Crippen molar-refractivity contribution in [1.29, 1.82) is 0 Å². The first-order chi connectivity index (χ1) is 12.8. The number of imidazole rings is 1. The smallest absolute Gasteiger partial charge is 0.276 e. The molecule has 2 heterocycles. The van der Waals surface area contributed by atoms with Crippen LogP contribution in [0, 0.1) is 0 Å². The number of nitrogens with zero attached hydrogens (tertiary/aromatic N) is 4. The Morgan fingerprint density at radius 1 is 1.19 bits per heavy atom. The Labute approximate surface area is 151 Å². The van der Waals surface area contributed by atoms with Gasteiger partial charge in [-0.05, 0) is 25.0 Å². The van der Waals surface area contributed by atoms with Gasteiger partial charge in [0.25, 0.3) is 5.91 Å². The monoisotopic (exact) mass is 351 g/mol. The van der Waals surface area contributed by atoms with E-state index in [0.29, 0.717) is 17.9 Å². The van der Waals surface area contributed by atoms with Gasteiger partial charge in [-0.2, -0.15) is 0 Å². The highest BCUT2D eigenvalue weighted by atomic mass is 16.5. The number of benzene rings is 1. The van der Waals surface area contributed by atoms with Gasteiger partial charge in [0.1, 0.15) is 12.0 Å². The lowest BCUT2D eigenvalue weighted by molar-refractivity contribution is 0.102. The Kier molecular flexibility index (Phi) is 4.51. The number of nitrogens with one attached hydrogen (secondary N) is 1. The zero-order valence-electron chi connectivity index (χ0n) is 14.7. The topological polar surface area (TPSA) is 81.9 Å². The molecule has 1 aliphatic carbocycles. The molecule has 0 spiro atoms. The van der Waals surface area contributed by atoms with Crippen LogP contribution in [-0.4, -0.2) is 32.5 Å². The number of fused-ring (bicyclic) bond motifs is 1. The molecule has 1 amide bonds. The van der Waals surface area contributed by atoms with Gasteiger partial charge in [-0.1, -0.05) is 31.4 Å². The van der Waals surface area contributed by atoms with Gasteiger partial charge < -0.3 is 9.30 Å². The fraction of sp³-hybridized carbons (Fsp3) is 0.368. The van der Waals surface area contributed by atoms with Gasteiger partial charge in [-0.15, -0.1) is 0 Å². The van der Waals surface area contributed by atoms with E-state index in [1.54, 1.807) is 0 Å². The van der Waals surface area contributed by atoms with E-state index in [1.807, 2.05) is 18.2 Å². The van der Waals surface area contributed by atoms with Crippen molar-refractivity contribution in [2.45, 2.75) is 38.1 Å². The molecule has 2 aromatic heterocycles. The molecule has 1 fully saturated rings. The molecule has 26 heavy (non-hydrogen) atoms. The second-order valence-corrected chi connectivity index (χ2v) is 6.49. The standard InChI is InChI=1S/C19H21N5O2/c1-26-17-11-15(20-12-21-17)18(25)23-19-22-14-9-5-6-10-16(14)24(19)13-7-3-2-4-8-13/h5-6,9-13H,2-4,7-8H2,1H3,(H,22,23,25). The second-order valence-electron chi connectivity index (χ2n) is 6.49. The van der Waals surface area contributed by atoms with Crippen LogP contribution in [0.4, 0.5) is 5.95 Å². The number of methoxy groups -OCH3 is 1. The van der Waals surface area contributed by atoms with Crippen molar-refractivity contribution in [3.63, 3.8) is 0 Å². The summed E-state index contributed by atoms with van der Waals surface area (Å²) >= 11 is 0. The SMILES string of the molecule is COc1cc(C(=O)Nc2nc3ccccc3n2C2CCCCC2)ncn1. The first-order valence-corrected chi connectivity index (χ1v) is 8.90. The predicted octanol–water partition coefficient (Wildman–Crippen LogP) is 3.59. The lowest BCUT2D eigenvalue weighted by Gasteiger charge is -2.25. The largest absolute Gasteiger partial charge is 0.481 e. The van der Waals surface area contributed by atoms with E-state index in [-0.39, 0.29) is 11.6 Å². The molecular weight excluding hydrogens is 330 g/mol. The van der Waals surface area contributed by atoms with Gasteiger partial charge in [0.05, 0.1) is 18.1 Å². The molecule has 0 radical (unpaired) electrons. The molecule has 1 N–H and O–H groups in total. The number of carbonyl (C=O) groups excluding carboxylic acids is 1. The van der Waals surface area contributed by atoms with Crippen LogP contribution in [0.5, 0.6) is 5.88 Å². The number of hydrogen-bond acceptors (Lipinski definition) is 5. The normalized spacial score (nSPS) is 15.1. The molecular formula is C19H21N5O2. The van der Waals surface area contributed by atoms with Crippen molar-refractivity contribution in [2.75, 3.05) is 12.4 Å². The van der Waals surface area contributed by atoms with Crippen LogP contribution in [-0.2, 0) is 0 Å². The van der Waals surface area contributed by atoms with Gasteiger partial charge in [-0.25, -0.2) is 15.0 Å². The Morgan fingerprint density at radius 3 is 2.81 bits per heavy atom. The number of ether oxygens (including phenoxy) is 1. The van der Waals surface area contributed by atoms with Gasteiger partial charge in [0, 0.05) is 12.1 Å². The molecule has 1 aliphatic rings. The number of aromatic nitrogens is 4. The number of carbonyl (C=O) groups is 1. The maximum absolute atomic E-state index is 12.7. The molecule has 1 saturated carbocycles. The van der Waals surface area contributed by atoms with Crippen LogP contribution >= 0.6 is 0 Å². The fourth-order valence-electron chi connectivity index (χ4n) is 3.58. The Bertz CT molecular complexity index is 931. The first kappa shape index (κ1) is 16.5. The van der Waals surface area contributed by atoms with E-state index in [2.05, 4.69) is 30.9 Å². The first-order valence-electron chi connectivity index (χ1n) is 8.90. The third-order valence-corrected chi connectivity index (χ3v) is 4.84. The molecule has 134 valence electrons. The Morgan fingerprint density at radius 2 is 2.00 bits per heavy atom. The molecule has 1 aromatic carbocycles. The van der Waals surface area contributed by atoms with E-state index in [4.69, 9.17) is 4.74 Å². The minimum atomic E-state index is -0.321. The lowest BCUT2D eigenvalue weighted by Crippen LogP contribution is -2.20. The zero-order valence-corrected chi connectivity index (χ0v) is 14.7. The van der Waals surface area contributed by atoms with Crippen molar-refractivity contribution < 1.29 is 9.53 Å². The van der Waals surface area contributed by atoms with Crippen molar-refractivity contribution in [3.8, 4) is 5.88 Å². The third kappa shape index (κ3) is 3.12. The van der Waals surface area contributed by atoms with Gasteiger partial charge in [0.15, 0.2) is 0 Å². The molecule has 4 rings (SSSR count). The Hall–Kier alpha value is -2.96. The summed E-state index contributed by atoms with van der Waals surface area (Å²) < 4.78 is 7.24. The summed E-state index contributed by atoms with van der Waals surface area (Å²) in [5.74, 6) is 0.602.